The average molecular weight is 255 g/mol. The van der Waals surface area contributed by atoms with Gasteiger partial charge in [0.2, 0.25) is 0 Å². The largest absolute Gasteiger partial charge is 0.381 e. The highest BCUT2D eigenvalue weighted by atomic mass is 16.1. The standard InChI is InChI=1S/C15H17N3O/c1-11-5-6-13(15(19)16-2)8-14(11)18-10-12-4-3-7-17-9-12/h3-9,18H,10H2,1-2H3,(H,16,19). The van der Waals surface area contributed by atoms with Crippen molar-refractivity contribution in [2.45, 2.75) is 13.5 Å². The van der Waals surface area contributed by atoms with Gasteiger partial charge in [0.25, 0.3) is 5.91 Å². The van der Waals surface area contributed by atoms with Gasteiger partial charge in [0.1, 0.15) is 0 Å². The van der Waals surface area contributed by atoms with Crippen LogP contribution >= 0.6 is 0 Å². The number of rotatable bonds is 4. The first kappa shape index (κ1) is 13.1. The number of carbonyl (C=O) groups excluding carboxylic acids is 1. The van der Waals surface area contributed by atoms with Gasteiger partial charge in [0.15, 0.2) is 0 Å². The minimum atomic E-state index is -0.0792. The quantitative estimate of drug-likeness (QED) is 0.881. The highest BCUT2D eigenvalue weighted by Gasteiger charge is 2.06. The van der Waals surface area contributed by atoms with E-state index in [9.17, 15) is 4.79 Å². The third-order valence-corrected chi connectivity index (χ3v) is 2.93. The molecule has 1 amide bonds. The maximum absolute atomic E-state index is 11.6. The van der Waals surface area contributed by atoms with Crippen molar-refractivity contribution in [1.82, 2.24) is 10.3 Å². The maximum atomic E-state index is 11.6. The minimum Gasteiger partial charge on any atom is -0.381 e. The molecule has 98 valence electrons. The summed E-state index contributed by atoms with van der Waals surface area (Å²) >= 11 is 0. The Hall–Kier alpha value is -2.36. The van der Waals surface area contributed by atoms with E-state index in [4.69, 9.17) is 0 Å². The number of aryl methyl sites for hydroxylation is 1. The van der Waals surface area contributed by atoms with E-state index in [-0.39, 0.29) is 5.91 Å². The monoisotopic (exact) mass is 255 g/mol. The molecule has 0 aliphatic rings. The van der Waals surface area contributed by atoms with Gasteiger partial charge in [-0.1, -0.05) is 12.1 Å². The molecule has 2 rings (SSSR count). The third kappa shape index (κ3) is 3.31. The molecule has 0 spiro atoms. The lowest BCUT2D eigenvalue weighted by molar-refractivity contribution is 0.0963. The van der Waals surface area contributed by atoms with Crippen molar-refractivity contribution in [3.05, 3.63) is 59.4 Å². The Labute approximate surface area is 112 Å². The Kier molecular flexibility index (Phi) is 4.13. The van der Waals surface area contributed by atoms with E-state index in [0.717, 1.165) is 16.8 Å². The number of anilines is 1. The molecule has 2 aromatic rings. The van der Waals surface area contributed by atoms with Crippen LogP contribution in [0, 0.1) is 6.92 Å². The summed E-state index contributed by atoms with van der Waals surface area (Å²) < 4.78 is 0. The van der Waals surface area contributed by atoms with Gasteiger partial charge in [-0.3, -0.25) is 9.78 Å². The molecule has 1 aromatic heterocycles. The highest BCUT2D eigenvalue weighted by molar-refractivity contribution is 5.95. The van der Waals surface area contributed by atoms with Crippen LogP contribution in [-0.2, 0) is 6.54 Å². The Morgan fingerprint density at radius 1 is 1.32 bits per heavy atom. The zero-order chi connectivity index (χ0) is 13.7. The van der Waals surface area contributed by atoms with Crippen molar-refractivity contribution >= 4 is 11.6 Å². The SMILES string of the molecule is CNC(=O)c1ccc(C)c(NCc2cccnc2)c1. The van der Waals surface area contributed by atoms with Gasteiger partial charge in [0.05, 0.1) is 0 Å². The first-order valence-electron chi connectivity index (χ1n) is 6.16. The lowest BCUT2D eigenvalue weighted by atomic mass is 10.1. The van der Waals surface area contributed by atoms with Gasteiger partial charge in [-0.25, -0.2) is 0 Å². The van der Waals surface area contributed by atoms with Crippen LogP contribution < -0.4 is 10.6 Å². The van der Waals surface area contributed by atoms with Crippen molar-refractivity contribution in [2.24, 2.45) is 0 Å². The second kappa shape index (κ2) is 6.00. The predicted molar refractivity (Wildman–Crippen MR) is 76.1 cm³/mol. The Balaban J connectivity index is 2.13. The van der Waals surface area contributed by atoms with Crippen LogP contribution in [0.2, 0.25) is 0 Å². The zero-order valence-electron chi connectivity index (χ0n) is 11.1. The van der Waals surface area contributed by atoms with Crippen molar-refractivity contribution in [1.29, 1.82) is 0 Å². The number of nitrogens with zero attached hydrogens (tertiary/aromatic N) is 1. The molecule has 4 heteroatoms. The van der Waals surface area contributed by atoms with Crippen molar-refractivity contribution in [3.8, 4) is 0 Å². The topological polar surface area (TPSA) is 54.0 Å². The molecule has 0 bridgehead atoms. The zero-order valence-corrected chi connectivity index (χ0v) is 11.1. The summed E-state index contributed by atoms with van der Waals surface area (Å²) in [6.07, 6.45) is 3.58. The van der Waals surface area contributed by atoms with Crippen LogP contribution in [0.3, 0.4) is 0 Å². The number of amides is 1. The number of nitrogens with one attached hydrogen (secondary N) is 2. The summed E-state index contributed by atoms with van der Waals surface area (Å²) in [7, 11) is 1.63. The molecule has 0 fully saturated rings. The van der Waals surface area contributed by atoms with Crippen molar-refractivity contribution in [2.75, 3.05) is 12.4 Å². The number of benzene rings is 1. The predicted octanol–water partition coefficient (Wildman–Crippen LogP) is 2.36. The van der Waals surface area contributed by atoms with Crippen LogP contribution in [0.1, 0.15) is 21.5 Å². The third-order valence-electron chi connectivity index (χ3n) is 2.93. The summed E-state index contributed by atoms with van der Waals surface area (Å²) in [6, 6.07) is 9.55. The number of pyridine rings is 1. The summed E-state index contributed by atoms with van der Waals surface area (Å²) in [5.41, 5.74) is 3.83. The van der Waals surface area contributed by atoms with Crippen LogP contribution in [0.4, 0.5) is 5.69 Å². The Morgan fingerprint density at radius 2 is 2.16 bits per heavy atom. The number of hydrogen-bond acceptors (Lipinski definition) is 3. The molecule has 4 nitrogen and oxygen atoms in total. The van der Waals surface area contributed by atoms with Crippen LogP contribution in [-0.4, -0.2) is 17.9 Å². The fourth-order valence-electron chi connectivity index (χ4n) is 1.80. The fraction of sp³-hybridized carbons (Fsp3) is 0.200. The van der Waals surface area contributed by atoms with Crippen LogP contribution in [0.15, 0.2) is 42.7 Å². The molecule has 1 aromatic carbocycles. The van der Waals surface area contributed by atoms with E-state index in [1.54, 1.807) is 13.2 Å². The van der Waals surface area contributed by atoms with Gasteiger partial charge in [-0.05, 0) is 36.2 Å². The summed E-state index contributed by atoms with van der Waals surface area (Å²) in [5.74, 6) is -0.0792. The molecule has 0 unspecified atom stereocenters. The number of hydrogen-bond donors (Lipinski definition) is 2. The molecule has 19 heavy (non-hydrogen) atoms. The Morgan fingerprint density at radius 3 is 2.84 bits per heavy atom. The van der Waals surface area contributed by atoms with Gasteiger partial charge in [-0.15, -0.1) is 0 Å². The maximum Gasteiger partial charge on any atom is 0.251 e. The molecule has 0 atom stereocenters. The van der Waals surface area contributed by atoms with E-state index in [1.807, 2.05) is 43.5 Å². The lowest BCUT2D eigenvalue weighted by Gasteiger charge is -2.11. The van der Waals surface area contributed by atoms with E-state index >= 15 is 0 Å². The van der Waals surface area contributed by atoms with Gasteiger partial charge in [-0.2, -0.15) is 0 Å². The highest BCUT2D eigenvalue weighted by Crippen LogP contribution is 2.17. The first-order valence-corrected chi connectivity index (χ1v) is 6.16. The van der Waals surface area contributed by atoms with E-state index in [1.165, 1.54) is 0 Å². The molecule has 2 N–H and O–H groups in total. The molecule has 1 heterocycles. The van der Waals surface area contributed by atoms with Crippen molar-refractivity contribution in [3.63, 3.8) is 0 Å². The Bertz CT molecular complexity index is 567. The summed E-state index contributed by atoms with van der Waals surface area (Å²) in [4.78, 5) is 15.7. The van der Waals surface area contributed by atoms with Gasteiger partial charge >= 0.3 is 0 Å². The molecule has 0 saturated carbocycles. The number of carbonyl (C=O) groups is 1. The van der Waals surface area contributed by atoms with Crippen LogP contribution in [0.5, 0.6) is 0 Å². The smallest absolute Gasteiger partial charge is 0.251 e. The molecular weight excluding hydrogens is 238 g/mol. The van der Waals surface area contributed by atoms with Gasteiger partial charge in [0, 0.05) is 37.2 Å². The normalized spacial score (nSPS) is 10.0. The fourth-order valence-corrected chi connectivity index (χ4v) is 1.80. The molecule has 0 aliphatic heterocycles. The molecule has 0 saturated heterocycles. The van der Waals surface area contributed by atoms with Gasteiger partial charge < -0.3 is 10.6 Å². The minimum absolute atomic E-state index is 0.0792. The van der Waals surface area contributed by atoms with E-state index < -0.39 is 0 Å². The lowest BCUT2D eigenvalue weighted by Crippen LogP contribution is -2.18. The summed E-state index contributed by atoms with van der Waals surface area (Å²) in [6.45, 7) is 2.70. The summed E-state index contributed by atoms with van der Waals surface area (Å²) in [5, 5.41) is 5.95. The van der Waals surface area contributed by atoms with E-state index in [2.05, 4.69) is 15.6 Å². The average Bonchev–Trinajstić information content (AvgIpc) is 2.46. The second-order valence-electron chi connectivity index (χ2n) is 4.32. The number of aromatic nitrogens is 1. The molecule has 0 radical (unpaired) electrons. The van der Waals surface area contributed by atoms with E-state index in [0.29, 0.717) is 12.1 Å². The second-order valence-corrected chi connectivity index (χ2v) is 4.32. The van der Waals surface area contributed by atoms with Crippen molar-refractivity contribution < 1.29 is 4.79 Å². The first-order chi connectivity index (χ1) is 9.20. The molecule has 0 aliphatic carbocycles. The molecular formula is C15H17N3O. The van der Waals surface area contributed by atoms with Crippen LogP contribution in [0.25, 0.3) is 0 Å².